The fourth-order valence-corrected chi connectivity index (χ4v) is 3.76. The number of unbranched alkanes of at least 4 members (excludes halogenated alkanes) is 6. The molecule has 1 saturated heterocycles. The second kappa shape index (κ2) is 11.9. The van der Waals surface area contributed by atoms with Gasteiger partial charge in [0.05, 0.1) is 12.2 Å². The highest BCUT2D eigenvalue weighted by Gasteiger charge is 2.37. The molecule has 20 heavy (non-hydrogen) atoms. The highest BCUT2D eigenvalue weighted by Crippen LogP contribution is 2.30. The van der Waals surface area contributed by atoms with Crippen LogP contribution in [0.15, 0.2) is 0 Å². The van der Waals surface area contributed by atoms with Crippen LogP contribution in [-0.4, -0.2) is 23.7 Å². The predicted molar refractivity (Wildman–Crippen MR) is 92.7 cm³/mol. The van der Waals surface area contributed by atoms with Gasteiger partial charge in [-0.25, -0.2) is 0 Å². The van der Waals surface area contributed by atoms with E-state index in [0.29, 0.717) is 12.2 Å². The van der Waals surface area contributed by atoms with E-state index in [1.165, 1.54) is 75.7 Å². The predicted octanol–water partition coefficient (Wildman–Crippen LogP) is 6.06. The van der Waals surface area contributed by atoms with Crippen LogP contribution in [0.25, 0.3) is 0 Å². The fraction of sp³-hybridized carbons (Fsp3) is 1.00. The van der Waals surface area contributed by atoms with Crippen molar-refractivity contribution in [1.82, 2.24) is 0 Å². The van der Waals surface area contributed by atoms with E-state index >= 15 is 0 Å². The maximum atomic E-state index is 5.76. The minimum Gasteiger partial charge on any atom is -0.369 e. The molecule has 2 heteroatoms. The molecule has 2 unspecified atom stereocenters. The molecule has 0 radical (unpaired) electrons. The van der Waals surface area contributed by atoms with Gasteiger partial charge in [0, 0.05) is 5.75 Å². The van der Waals surface area contributed by atoms with Gasteiger partial charge in [-0.15, -0.1) is 0 Å². The van der Waals surface area contributed by atoms with Crippen LogP contribution in [-0.2, 0) is 4.74 Å². The molecule has 0 amide bonds. The molecule has 120 valence electrons. The molecule has 0 bridgehead atoms. The van der Waals surface area contributed by atoms with Crippen molar-refractivity contribution in [2.24, 2.45) is 5.92 Å². The van der Waals surface area contributed by atoms with E-state index in [9.17, 15) is 0 Å². The normalized spacial score (nSPS) is 21.6. The van der Waals surface area contributed by atoms with Gasteiger partial charge in [0.25, 0.3) is 0 Å². The summed E-state index contributed by atoms with van der Waals surface area (Å²) in [4.78, 5) is 0. The van der Waals surface area contributed by atoms with Crippen molar-refractivity contribution in [2.45, 2.75) is 97.2 Å². The van der Waals surface area contributed by atoms with Crippen LogP contribution in [0.1, 0.15) is 85.0 Å². The Hall–Kier alpha value is 0.310. The van der Waals surface area contributed by atoms with Crippen molar-refractivity contribution in [3.63, 3.8) is 0 Å². The summed E-state index contributed by atoms with van der Waals surface area (Å²) < 4.78 is 5.76. The summed E-state index contributed by atoms with van der Waals surface area (Å²) >= 11 is 2.11. The Balaban J connectivity index is 1.76. The van der Waals surface area contributed by atoms with Gasteiger partial charge < -0.3 is 4.74 Å². The third-order valence-corrected chi connectivity index (χ3v) is 5.27. The van der Waals surface area contributed by atoms with Gasteiger partial charge in [-0.2, -0.15) is 11.8 Å². The summed E-state index contributed by atoms with van der Waals surface area (Å²) in [6.45, 7) is 6.91. The molecule has 0 aliphatic carbocycles. The quantitative estimate of drug-likeness (QED) is 0.285. The van der Waals surface area contributed by atoms with Crippen LogP contribution < -0.4 is 0 Å². The average molecular weight is 301 g/mol. The van der Waals surface area contributed by atoms with Gasteiger partial charge in [0.15, 0.2) is 0 Å². The molecule has 2 atom stereocenters. The van der Waals surface area contributed by atoms with Gasteiger partial charge in [-0.3, -0.25) is 0 Å². The smallest absolute Gasteiger partial charge is 0.0931 e. The molecule has 0 aromatic carbocycles. The summed E-state index contributed by atoms with van der Waals surface area (Å²) in [5.74, 6) is 3.44. The maximum Gasteiger partial charge on any atom is 0.0931 e. The molecule has 1 aliphatic rings. The molecule has 1 heterocycles. The zero-order valence-corrected chi connectivity index (χ0v) is 14.9. The minimum absolute atomic E-state index is 0.596. The monoisotopic (exact) mass is 300 g/mol. The summed E-state index contributed by atoms with van der Waals surface area (Å²) in [6, 6.07) is 0. The average Bonchev–Trinajstić information content (AvgIpc) is 3.16. The Morgan fingerprint density at radius 3 is 2.40 bits per heavy atom. The summed E-state index contributed by atoms with van der Waals surface area (Å²) in [7, 11) is 0. The van der Waals surface area contributed by atoms with Gasteiger partial charge in [-0.05, 0) is 24.5 Å². The van der Waals surface area contributed by atoms with Crippen molar-refractivity contribution in [1.29, 1.82) is 0 Å². The van der Waals surface area contributed by atoms with Gasteiger partial charge in [-0.1, -0.05) is 72.1 Å². The first-order valence-electron chi connectivity index (χ1n) is 8.97. The Bertz CT molecular complexity index is 217. The Morgan fingerprint density at radius 1 is 0.900 bits per heavy atom. The lowest BCUT2D eigenvalue weighted by Gasteiger charge is -2.02. The lowest BCUT2D eigenvalue weighted by molar-refractivity contribution is 0.364. The molecule has 0 saturated carbocycles. The molecular formula is C18H36OS. The molecule has 0 spiro atoms. The first-order chi connectivity index (χ1) is 9.74. The zero-order chi connectivity index (χ0) is 14.6. The second-order valence-corrected chi connectivity index (χ2v) is 7.88. The van der Waals surface area contributed by atoms with Crippen LogP contribution in [0.5, 0.6) is 0 Å². The van der Waals surface area contributed by atoms with Crippen LogP contribution in [0.2, 0.25) is 0 Å². The first kappa shape index (κ1) is 18.4. The van der Waals surface area contributed by atoms with E-state index in [-0.39, 0.29) is 0 Å². The van der Waals surface area contributed by atoms with E-state index in [1.807, 2.05) is 0 Å². The summed E-state index contributed by atoms with van der Waals surface area (Å²) in [5.41, 5.74) is 0. The van der Waals surface area contributed by atoms with Gasteiger partial charge in [0.1, 0.15) is 0 Å². The van der Waals surface area contributed by atoms with Crippen molar-refractivity contribution in [3.8, 4) is 0 Å². The molecule has 0 aromatic rings. The number of thioether (sulfide) groups is 1. The largest absolute Gasteiger partial charge is 0.369 e. The van der Waals surface area contributed by atoms with E-state index < -0.39 is 0 Å². The van der Waals surface area contributed by atoms with E-state index in [0.717, 1.165) is 5.92 Å². The maximum absolute atomic E-state index is 5.76. The Labute approximate surface area is 131 Å². The lowest BCUT2D eigenvalue weighted by Crippen LogP contribution is -1.98. The number of epoxide rings is 1. The van der Waals surface area contributed by atoms with Crippen LogP contribution in [0.4, 0.5) is 0 Å². The van der Waals surface area contributed by atoms with Crippen LogP contribution in [0, 0.1) is 5.92 Å². The van der Waals surface area contributed by atoms with Crippen molar-refractivity contribution in [2.75, 3.05) is 11.5 Å². The number of hydrogen-bond donors (Lipinski definition) is 0. The molecule has 0 N–H and O–H groups in total. The number of ether oxygens (including phenoxy) is 1. The Kier molecular flexibility index (Phi) is 10.9. The van der Waals surface area contributed by atoms with Gasteiger partial charge in [0.2, 0.25) is 0 Å². The Morgan fingerprint density at radius 2 is 1.65 bits per heavy atom. The second-order valence-electron chi connectivity index (χ2n) is 6.73. The highest BCUT2D eigenvalue weighted by atomic mass is 32.2. The molecule has 1 aliphatic heterocycles. The molecule has 1 rings (SSSR count). The molecule has 1 nitrogen and oxygen atoms in total. The summed E-state index contributed by atoms with van der Waals surface area (Å²) in [6.07, 6.45) is 15.1. The standard InChI is InChI=1S/C18H36OS/c1-4-5-6-7-8-11-14-20-15-18-17(19-18)13-10-9-12-16(2)3/h16-18H,4-15H2,1-3H3. The lowest BCUT2D eigenvalue weighted by atomic mass is 10.0. The number of hydrogen-bond acceptors (Lipinski definition) is 2. The third-order valence-electron chi connectivity index (χ3n) is 4.13. The van der Waals surface area contributed by atoms with Crippen molar-refractivity contribution in [3.05, 3.63) is 0 Å². The van der Waals surface area contributed by atoms with E-state index in [1.54, 1.807) is 0 Å². The topological polar surface area (TPSA) is 12.5 Å². The molecular weight excluding hydrogens is 264 g/mol. The van der Waals surface area contributed by atoms with E-state index in [4.69, 9.17) is 4.74 Å². The highest BCUT2D eigenvalue weighted by molar-refractivity contribution is 7.99. The molecule has 1 fully saturated rings. The van der Waals surface area contributed by atoms with E-state index in [2.05, 4.69) is 32.5 Å². The summed E-state index contributed by atoms with van der Waals surface area (Å²) in [5, 5.41) is 0. The van der Waals surface area contributed by atoms with Crippen LogP contribution in [0.3, 0.4) is 0 Å². The van der Waals surface area contributed by atoms with Crippen molar-refractivity contribution < 1.29 is 4.74 Å². The number of rotatable bonds is 14. The molecule has 0 aromatic heterocycles. The van der Waals surface area contributed by atoms with Crippen molar-refractivity contribution >= 4 is 11.8 Å². The minimum atomic E-state index is 0.596. The first-order valence-corrected chi connectivity index (χ1v) is 10.1. The third kappa shape index (κ3) is 10.1. The zero-order valence-electron chi connectivity index (χ0n) is 14.0. The van der Waals surface area contributed by atoms with Crippen LogP contribution >= 0.6 is 11.8 Å². The SMILES string of the molecule is CCCCCCCCSCC1OC1CCCCC(C)C. The van der Waals surface area contributed by atoms with Gasteiger partial charge >= 0.3 is 0 Å². The fourth-order valence-electron chi connectivity index (χ4n) is 2.66.